The fourth-order valence-electron chi connectivity index (χ4n) is 2.88. The maximum absolute atomic E-state index is 6.35. The minimum Gasteiger partial charge on any atom is -0.323 e. The molecule has 2 N–H and O–H groups in total. The number of likely N-dealkylation sites (N-methyl/N-ethyl adjacent to an activating group) is 1. The molecule has 0 amide bonds. The lowest BCUT2D eigenvalue weighted by atomic mass is 10.1. The first kappa shape index (κ1) is 10.3. The van der Waals surface area contributed by atoms with Gasteiger partial charge in [0.2, 0.25) is 0 Å². The molecular formula is C14H20N2. The van der Waals surface area contributed by atoms with E-state index in [1.807, 2.05) is 0 Å². The molecule has 2 heteroatoms. The average Bonchev–Trinajstić information content (AvgIpc) is 3.03. The first-order valence-electron chi connectivity index (χ1n) is 6.29. The van der Waals surface area contributed by atoms with E-state index in [9.17, 15) is 0 Å². The Kier molecular flexibility index (Phi) is 2.49. The van der Waals surface area contributed by atoms with Gasteiger partial charge >= 0.3 is 0 Å². The zero-order valence-electron chi connectivity index (χ0n) is 9.89. The highest BCUT2D eigenvalue weighted by atomic mass is 15.2. The molecule has 2 unspecified atom stereocenters. The van der Waals surface area contributed by atoms with Crippen LogP contribution in [0.4, 0.5) is 0 Å². The summed E-state index contributed by atoms with van der Waals surface area (Å²) in [4.78, 5) is 2.47. The summed E-state index contributed by atoms with van der Waals surface area (Å²) >= 11 is 0. The Morgan fingerprint density at radius 3 is 2.75 bits per heavy atom. The predicted molar refractivity (Wildman–Crippen MR) is 66.2 cm³/mol. The molecule has 2 aliphatic rings. The molecule has 3 rings (SSSR count). The molecule has 86 valence electrons. The van der Waals surface area contributed by atoms with Crippen molar-refractivity contribution in [2.45, 2.75) is 31.3 Å². The van der Waals surface area contributed by atoms with Gasteiger partial charge in [-0.3, -0.25) is 0 Å². The molecule has 0 radical (unpaired) electrons. The predicted octanol–water partition coefficient (Wildman–Crippen LogP) is 1.95. The van der Waals surface area contributed by atoms with Crippen LogP contribution < -0.4 is 5.73 Å². The summed E-state index contributed by atoms with van der Waals surface area (Å²) in [6.45, 7) is 1.23. The number of fused-ring (bicyclic) bond motifs is 1. The van der Waals surface area contributed by atoms with E-state index in [-0.39, 0.29) is 6.04 Å². The summed E-state index contributed by atoms with van der Waals surface area (Å²) in [7, 11) is 2.23. The van der Waals surface area contributed by atoms with Crippen molar-refractivity contribution in [3.8, 4) is 0 Å². The van der Waals surface area contributed by atoms with Gasteiger partial charge in [0.1, 0.15) is 0 Å². The second-order valence-electron chi connectivity index (χ2n) is 5.38. The van der Waals surface area contributed by atoms with Crippen LogP contribution in [0.5, 0.6) is 0 Å². The van der Waals surface area contributed by atoms with Crippen molar-refractivity contribution in [3.05, 3.63) is 35.4 Å². The van der Waals surface area contributed by atoms with Crippen LogP contribution in [0.15, 0.2) is 24.3 Å². The first-order chi connectivity index (χ1) is 7.75. The van der Waals surface area contributed by atoms with Crippen LogP contribution in [-0.4, -0.2) is 24.5 Å². The zero-order chi connectivity index (χ0) is 11.1. The van der Waals surface area contributed by atoms with Crippen LogP contribution in [0.25, 0.3) is 0 Å². The van der Waals surface area contributed by atoms with E-state index in [4.69, 9.17) is 5.73 Å². The highest BCUT2D eigenvalue weighted by molar-refractivity contribution is 5.36. The number of nitrogens with zero attached hydrogens (tertiary/aromatic N) is 1. The van der Waals surface area contributed by atoms with Gasteiger partial charge in [-0.05, 0) is 43.4 Å². The van der Waals surface area contributed by atoms with Gasteiger partial charge in [0.05, 0.1) is 0 Å². The van der Waals surface area contributed by atoms with E-state index in [0.29, 0.717) is 6.04 Å². The normalized spacial score (nSPS) is 28.4. The Labute approximate surface area is 97.4 Å². The molecule has 0 aliphatic heterocycles. The molecule has 1 aromatic rings. The summed E-state index contributed by atoms with van der Waals surface area (Å²) in [5.74, 6) is 0.945. The van der Waals surface area contributed by atoms with Crippen LogP contribution in [0, 0.1) is 5.92 Å². The Bertz CT molecular complexity index is 384. The molecular weight excluding hydrogens is 196 g/mol. The standard InChI is InChI=1S/C14H20N2/c1-16(9-10-6-7-10)13-8-11-4-2-3-5-12(11)14(13)15/h2-5,10,13-14H,6-9,15H2,1H3. The zero-order valence-corrected chi connectivity index (χ0v) is 9.89. The van der Waals surface area contributed by atoms with Crippen molar-refractivity contribution < 1.29 is 0 Å². The van der Waals surface area contributed by atoms with Gasteiger partial charge in [-0.25, -0.2) is 0 Å². The van der Waals surface area contributed by atoms with Crippen molar-refractivity contribution >= 4 is 0 Å². The molecule has 0 heterocycles. The number of nitrogens with two attached hydrogens (primary N) is 1. The molecule has 0 spiro atoms. The van der Waals surface area contributed by atoms with E-state index in [0.717, 1.165) is 12.3 Å². The van der Waals surface area contributed by atoms with Crippen LogP contribution in [0.1, 0.15) is 30.0 Å². The topological polar surface area (TPSA) is 29.3 Å². The molecule has 0 aromatic heterocycles. The molecule has 1 fully saturated rings. The van der Waals surface area contributed by atoms with Gasteiger partial charge in [-0.1, -0.05) is 24.3 Å². The maximum Gasteiger partial charge on any atom is 0.0459 e. The number of rotatable bonds is 3. The SMILES string of the molecule is CN(CC1CC1)C1Cc2ccccc2C1N. The molecule has 2 atom stereocenters. The minimum absolute atomic E-state index is 0.208. The van der Waals surface area contributed by atoms with Crippen molar-refractivity contribution in [2.24, 2.45) is 11.7 Å². The van der Waals surface area contributed by atoms with Gasteiger partial charge in [0, 0.05) is 18.6 Å². The van der Waals surface area contributed by atoms with Crippen LogP contribution in [-0.2, 0) is 6.42 Å². The Morgan fingerprint density at radius 2 is 2.06 bits per heavy atom. The Hall–Kier alpha value is -0.860. The van der Waals surface area contributed by atoms with E-state index in [1.54, 1.807) is 0 Å². The third-order valence-electron chi connectivity index (χ3n) is 4.07. The second kappa shape index (κ2) is 3.86. The minimum atomic E-state index is 0.208. The summed E-state index contributed by atoms with van der Waals surface area (Å²) < 4.78 is 0. The summed E-state index contributed by atoms with van der Waals surface area (Å²) in [5.41, 5.74) is 9.15. The van der Waals surface area contributed by atoms with E-state index < -0.39 is 0 Å². The maximum atomic E-state index is 6.35. The van der Waals surface area contributed by atoms with Crippen LogP contribution in [0.3, 0.4) is 0 Å². The Balaban J connectivity index is 1.75. The second-order valence-corrected chi connectivity index (χ2v) is 5.38. The van der Waals surface area contributed by atoms with Crippen molar-refractivity contribution in [1.29, 1.82) is 0 Å². The fraction of sp³-hybridized carbons (Fsp3) is 0.571. The molecule has 2 nitrogen and oxygen atoms in total. The molecule has 1 aromatic carbocycles. The first-order valence-corrected chi connectivity index (χ1v) is 6.29. The monoisotopic (exact) mass is 216 g/mol. The van der Waals surface area contributed by atoms with Crippen molar-refractivity contribution in [3.63, 3.8) is 0 Å². The number of hydrogen-bond acceptors (Lipinski definition) is 2. The quantitative estimate of drug-likeness (QED) is 0.837. The van der Waals surface area contributed by atoms with E-state index in [2.05, 4.69) is 36.2 Å². The lowest BCUT2D eigenvalue weighted by Crippen LogP contribution is -2.39. The van der Waals surface area contributed by atoms with Gasteiger partial charge < -0.3 is 10.6 Å². The lowest BCUT2D eigenvalue weighted by Gasteiger charge is -2.27. The molecule has 16 heavy (non-hydrogen) atoms. The third-order valence-corrected chi connectivity index (χ3v) is 4.07. The largest absolute Gasteiger partial charge is 0.323 e. The van der Waals surface area contributed by atoms with Gasteiger partial charge in [-0.2, -0.15) is 0 Å². The highest BCUT2D eigenvalue weighted by Gasteiger charge is 2.34. The number of benzene rings is 1. The van der Waals surface area contributed by atoms with Crippen LogP contribution >= 0.6 is 0 Å². The lowest BCUT2D eigenvalue weighted by molar-refractivity contribution is 0.214. The molecule has 0 saturated heterocycles. The van der Waals surface area contributed by atoms with E-state index in [1.165, 1.54) is 30.5 Å². The number of hydrogen-bond donors (Lipinski definition) is 1. The van der Waals surface area contributed by atoms with Gasteiger partial charge in [-0.15, -0.1) is 0 Å². The summed E-state index contributed by atoms with van der Waals surface area (Å²) in [6, 6.07) is 9.35. The smallest absolute Gasteiger partial charge is 0.0459 e. The molecule has 1 saturated carbocycles. The van der Waals surface area contributed by atoms with Crippen LogP contribution in [0.2, 0.25) is 0 Å². The average molecular weight is 216 g/mol. The third kappa shape index (κ3) is 1.76. The summed E-state index contributed by atoms with van der Waals surface area (Å²) in [5, 5.41) is 0. The molecule has 2 aliphatic carbocycles. The van der Waals surface area contributed by atoms with Gasteiger partial charge in [0.15, 0.2) is 0 Å². The van der Waals surface area contributed by atoms with Crippen molar-refractivity contribution in [1.82, 2.24) is 4.90 Å². The van der Waals surface area contributed by atoms with Gasteiger partial charge in [0.25, 0.3) is 0 Å². The fourth-order valence-corrected chi connectivity index (χ4v) is 2.88. The highest BCUT2D eigenvalue weighted by Crippen LogP contribution is 2.35. The molecule has 0 bridgehead atoms. The summed E-state index contributed by atoms with van der Waals surface area (Å²) in [6.07, 6.45) is 3.96. The van der Waals surface area contributed by atoms with E-state index >= 15 is 0 Å². The van der Waals surface area contributed by atoms with Crippen molar-refractivity contribution in [2.75, 3.05) is 13.6 Å². The Morgan fingerprint density at radius 1 is 1.31 bits per heavy atom.